The van der Waals surface area contributed by atoms with E-state index in [0.717, 1.165) is 37.0 Å². The van der Waals surface area contributed by atoms with Gasteiger partial charge in [0.25, 0.3) is 0 Å². The monoisotopic (exact) mass is 417 g/mol. The van der Waals surface area contributed by atoms with E-state index >= 15 is 0 Å². The molecule has 4 saturated carbocycles. The summed E-state index contributed by atoms with van der Waals surface area (Å²) in [6.07, 6.45) is 12.2. The minimum atomic E-state index is -0.902. The number of carboxylic acid groups (broad SMARTS) is 1. The van der Waals surface area contributed by atoms with Gasteiger partial charge < -0.3 is 14.6 Å². The highest BCUT2D eigenvalue weighted by atomic mass is 16.5. The fraction of sp³-hybridized carbons (Fsp3) is 0.923. The Hall–Kier alpha value is -1.06. The van der Waals surface area contributed by atoms with Gasteiger partial charge in [0.1, 0.15) is 6.10 Å². The normalized spacial score (nSPS) is 46.3. The molecule has 4 nitrogen and oxygen atoms in total. The lowest BCUT2D eigenvalue weighted by atomic mass is 9.44. The Morgan fingerprint density at radius 1 is 1.00 bits per heavy atom. The van der Waals surface area contributed by atoms with Crippen LogP contribution in [0.5, 0.6) is 0 Å². The Labute approximate surface area is 182 Å². The maximum atomic E-state index is 11.5. The summed E-state index contributed by atoms with van der Waals surface area (Å²) in [6.45, 7) is 8.90. The van der Waals surface area contributed by atoms with E-state index in [4.69, 9.17) is 4.74 Å². The summed E-state index contributed by atoms with van der Waals surface area (Å²) >= 11 is 0. The van der Waals surface area contributed by atoms with Crippen LogP contribution in [-0.4, -0.2) is 18.0 Å². The molecule has 4 aliphatic rings. The van der Waals surface area contributed by atoms with Crippen LogP contribution in [0.25, 0.3) is 0 Å². The zero-order valence-electron chi connectivity index (χ0n) is 19.5. The predicted octanol–water partition coefficient (Wildman–Crippen LogP) is 4.74. The van der Waals surface area contributed by atoms with Crippen LogP contribution < -0.4 is 5.11 Å². The van der Waals surface area contributed by atoms with E-state index in [9.17, 15) is 14.7 Å². The average Bonchev–Trinajstić information content (AvgIpc) is 3.03. The van der Waals surface area contributed by atoms with Crippen molar-refractivity contribution in [3.8, 4) is 0 Å². The van der Waals surface area contributed by atoms with Crippen molar-refractivity contribution in [3.63, 3.8) is 0 Å². The molecule has 4 aliphatic carbocycles. The van der Waals surface area contributed by atoms with Gasteiger partial charge in [0.05, 0.1) is 0 Å². The first kappa shape index (κ1) is 22.1. The summed E-state index contributed by atoms with van der Waals surface area (Å²) in [5, 5.41) is 11.0. The van der Waals surface area contributed by atoms with Crippen LogP contribution in [0.1, 0.15) is 98.3 Å². The number of fused-ring (bicyclic) bond motifs is 5. The van der Waals surface area contributed by atoms with Gasteiger partial charge in [-0.15, -0.1) is 0 Å². The highest BCUT2D eigenvalue weighted by Crippen LogP contribution is 2.68. The minimum absolute atomic E-state index is 0.129. The number of carbonyl (C=O) groups excluding carboxylic acids is 2. The summed E-state index contributed by atoms with van der Waals surface area (Å²) in [4.78, 5) is 22.4. The molecule has 0 saturated heterocycles. The first-order valence-electron chi connectivity index (χ1n) is 12.5. The largest absolute Gasteiger partial charge is 0.550 e. The van der Waals surface area contributed by atoms with Gasteiger partial charge in [-0.25, -0.2) is 0 Å². The van der Waals surface area contributed by atoms with Gasteiger partial charge in [-0.2, -0.15) is 0 Å². The number of carbonyl (C=O) groups is 2. The quantitative estimate of drug-likeness (QED) is 0.606. The van der Waals surface area contributed by atoms with Crippen LogP contribution in [0, 0.1) is 46.3 Å². The molecule has 0 amide bonds. The maximum Gasteiger partial charge on any atom is 0.302 e. The Bertz CT molecular complexity index is 674. The van der Waals surface area contributed by atoms with E-state index in [2.05, 4.69) is 20.8 Å². The lowest BCUT2D eigenvalue weighted by Gasteiger charge is -2.61. The zero-order chi connectivity index (χ0) is 21.7. The van der Waals surface area contributed by atoms with Crippen LogP contribution >= 0.6 is 0 Å². The molecular weight excluding hydrogens is 376 g/mol. The number of esters is 1. The standard InChI is InChI=1S/C26H42O4/c1-16(5-10-24(28)29)21-8-9-22-20-7-6-18-15-19(30-17(2)27)11-13-25(18,3)23(20)12-14-26(21,22)4/h16,18-23H,5-15H2,1-4H3,(H,28,29)/p-1/t16-,18-,19-,20+,21-,22-,23-,25+,26-/m1/s1. The molecule has 30 heavy (non-hydrogen) atoms. The van der Waals surface area contributed by atoms with E-state index < -0.39 is 5.97 Å². The third-order valence-corrected chi connectivity index (χ3v) is 10.5. The second kappa shape index (κ2) is 8.13. The SMILES string of the molecule is CC(=O)O[C@@H]1CC[C@@]2(C)[C@H](CC[C@H]3[C@H]4CC[C@H]([C@H](C)CCC(=O)[O-])[C@@]4(C)CC[C@H]32)C1. The fourth-order valence-corrected chi connectivity index (χ4v) is 9.08. The highest BCUT2D eigenvalue weighted by molar-refractivity contribution is 5.66. The molecule has 0 aromatic heterocycles. The van der Waals surface area contributed by atoms with Crippen molar-refractivity contribution in [1.82, 2.24) is 0 Å². The minimum Gasteiger partial charge on any atom is -0.550 e. The van der Waals surface area contributed by atoms with Crippen molar-refractivity contribution in [2.24, 2.45) is 46.3 Å². The molecule has 4 heteroatoms. The average molecular weight is 418 g/mol. The van der Waals surface area contributed by atoms with Crippen LogP contribution in [0.2, 0.25) is 0 Å². The lowest BCUT2D eigenvalue weighted by Crippen LogP contribution is -2.54. The van der Waals surface area contributed by atoms with E-state index in [0.29, 0.717) is 28.6 Å². The Balaban J connectivity index is 1.47. The molecule has 0 N–H and O–H groups in total. The molecule has 0 unspecified atom stereocenters. The molecule has 4 fully saturated rings. The summed E-state index contributed by atoms with van der Waals surface area (Å²) in [5.41, 5.74) is 0.782. The van der Waals surface area contributed by atoms with Gasteiger partial charge in [-0.1, -0.05) is 20.8 Å². The Morgan fingerprint density at radius 2 is 1.70 bits per heavy atom. The molecular formula is C26H41O4-. The lowest BCUT2D eigenvalue weighted by molar-refractivity contribution is -0.306. The second-order valence-electron chi connectivity index (χ2n) is 11.8. The summed E-state index contributed by atoms with van der Waals surface area (Å²) in [6, 6.07) is 0. The van der Waals surface area contributed by atoms with Crippen molar-refractivity contribution in [2.75, 3.05) is 0 Å². The molecule has 0 heterocycles. The van der Waals surface area contributed by atoms with Crippen LogP contribution in [0.4, 0.5) is 0 Å². The van der Waals surface area contributed by atoms with Crippen molar-refractivity contribution in [2.45, 2.75) is 104 Å². The van der Waals surface area contributed by atoms with Crippen molar-refractivity contribution in [1.29, 1.82) is 0 Å². The van der Waals surface area contributed by atoms with Gasteiger partial charge in [0.15, 0.2) is 0 Å². The second-order valence-corrected chi connectivity index (χ2v) is 11.8. The molecule has 0 radical (unpaired) electrons. The first-order valence-corrected chi connectivity index (χ1v) is 12.5. The van der Waals surface area contributed by atoms with Gasteiger partial charge >= 0.3 is 5.97 Å². The maximum absolute atomic E-state index is 11.5. The van der Waals surface area contributed by atoms with E-state index in [1.165, 1.54) is 51.9 Å². The molecule has 170 valence electrons. The Kier molecular flexibility index (Phi) is 6.00. The molecule has 4 rings (SSSR count). The highest BCUT2D eigenvalue weighted by Gasteiger charge is 2.60. The molecule has 0 aromatic rings. The zero-order valence-corrected chi connectivity index (χ0v) is 19.5. The molecule has 0 aliphatic heterocycles. The first-order chi connectivity index (χ1) is 14.1. The van der Waals surface area contributed by atoms with Gasteiger partial charge in [-0.3, -0.25) is 4.79 Å². The number of hydrogen-bond acceptors (Lipinski definition) is 4. The third kappa shape index (κ3) is 3.71. The van der Waals surface area contributed by atoms with Crippen LogP contribution in [-0.2, 0) is 14.3 Å². The van der Waals surface area contributed by atoms with Crippen molar-refractivity contribution < 1.29 is 19.4 Å². The smallest absolute Gasteiger partial charge is 0.302 e. The van der Waals surface area contributed by atoms with E-state index in [-0.39, 0.29) is 18.5 Å². The van der Waals surface area contributed by atoms with Gasteiger partial charge in [0.2, 0.25) is 0 Å². The molecule has 9 atom stereocenters. The third-order valence-electron chi connectivity index (χ3n) is 10.5. The number of hydrogen-bond donors (Lipinski definition) is 0. The predicted molar refractivity (Wildman–Crippen MR) is 114 cm³/mol. The summed E-state index contributed by atoms with van der Waals surface area (Å²) in [5.74, 6) is 3.24. The van der Waals surface area contributed by atoms with Gasteiger partial charge in [-0.05, 0) is 117 Å². The number of aliphatic carboxylic acids is 1. The number of ether oxygens (including phenoxy) is 1. The Morgan fingerprint density at radius 3 is 2.40 bits per heavy atom. The van der Waals surface area contributed by atoms with Crippen LogP contribution in [0.15, 0.2) is 0 Å². The molecule has 0 aromatic carbocycles. The van der Waals surface area contributed by atoms with Crippen LogP contribution in [0.3, 0.4) is 0 Å². The van der Waals surface area contributed by atoms with E-state index in [1.807, 2.05) is 0 Å². The number of rotatable bonds is 5. The number of carboxylic acids is 1. The van der Waals surface area contributed by atoms with E-state index in [1.54, 1.807) is 0 Å². The van der Waals surface area contributed by atoms with Gasteiger partial charge in [0, 0.05) is 12.9 Å². The summed E-state index contributed by atoms with van der Waals surface area (Å²) < 4.78 is 5.60. The summed E-state index contributed by atoms with van der Waals surface area (Å²) in [7, 11) is 0. The molecule has 0 spiro atoms. The fourth-order valence-electron chi connectivity index (χ4n) is 9.08. The van der Waals surface area contributed by atoms with Crippen molar-refractivity contribution in [3.05, 3.63) is 0 Å². The molecule has 0 bridgehead atoms. The topological polar surface area (TPSA) is 66.4 Å². The van der Waals surface area contributed by atoms with Crippen molar-refractivity contribution >= 4 is 11.9 Å².